The Morgan fingerprint density at radius 1 is 1.25 bits per heavy atom. The van der Waals surface area contributed by atoms with Crippen molar-refractivity contribution >= 4 is 0 Å². The van der Waals surface area contributed by atoms with Gasteiger partial charge in [-0.15, -0.1) is 0 Å². The van der Waals surface area contributed by atoms with Crippen molar-refractivity contribution in [3.8, 4) is 17.3 Å². The highest BCUT2D eigenvalue weighted by atomic mass is 14.9. The van der Waals surface area contributed by atoms with E-state index in [1.165, 1.54) is 5.56 Å². The van der Waals surface area contributed by atoms with Crippen LogP contribution < -0.4 is 0 Å². The zero-order chi connectivity index (χ0) is 11.5. The van der Waals surface area contributed by atoms with Gasteiger partial charge in [0.1, 0.15) is 6.07 Å². The van der Waals surface area contributed by atoms with E-state index in [4.69, 9.17) is 5.26 Å². The molecule has 0 atom stereocenters. The SMILES string of the molecule is CC(C)c1ccc(-c2cnc(C#N)[nH]2)cc1. The van der Waals surface area contributed by atoms with Crippen molar-refractivity contribution < 1.29 is 0 Å². The van der Waals surface area contributed by atoms with E-state index in [0.717, 1.165) is 11.3 Å². The lowest BCUT2D eigenvalue weighted by Crippen LogP contribution is -1.86. The van der Waals surface area contributed by atoms with Crippen LogP contribution in [0.5, 0.6) is 0 Å². The van der Waals surface area contributed by atoms with Crippen LogP contribution in [0.15, 0.2) is 30.5 Å². The van der Waals surface area contributed by atoms with E-state index in [2.05, 4.69) is 35.9 Å². The molecule has 0 amide bonds. The fourth-order valence-corrected chi connectivity index (χ4v) is 1.57. The van der Waals surface area contributed by atoms with E-state index < -0.39 is 0 Å². The van der Waals surface area contributed by atoms with Gasteiger partial charge < -0.3 is 4.98 Å². The highest BCUT2D eigenvalue weighted by Crippen LogP contribution is 2.20. The van der Waals surface area contributed by atoms with Crippen LogP contribution in [0.4, 0.5) is 0 Å². The quantitative estimate of drug-likeness (QED) is 0.829. The molecular formula is C13H13N3. The van der Waals surface area contributed by atoms with Gasteiger partial charge in [-0.2, -0.15) is 5.26 Å². The lowest BCUT2D eigenvalue weighted by Gasteiger charge is -2.05. The molecule has 0 radical (unpaired) electrons. The van der Waals surface area contributed by atoms with Gasteiger partial charge in [-0.25, -0.2) is 4.98 Å². The smallest absolute Gasteiger partial charge is 0.210 e. The molecule has 80 valence electrons. The summed E-state index contributed by atoms with van der Waals surface area (Å²) in [6, 6.07) is 10.3. The molecule has 0 aliphatic rings. The average Bonchev–Trinajstić information content (AvgIpc) is 2.77. The molecule has 0 aliphatic heterocycles. The lowest BCUT2D eigenvalue weighted by atomic mass is 10.0. The van der Waals surface area contributed by atoms with Crippen molar-refractivity contribution in [2.75, 3.05) is 0 Å². The van der Waals surface area contributed by atoms with Gasteiger partial charge in [0.2, 0.25) is 5.82 Å². The molecule has 16 heavy (non-hydrogen) atoms. The van der Waals surface area contributed by atoms with Gasteiger partial charge in [0.25, 0.3) is 0 Å². The van der Waals surface area contributed by atoms with Crippen LogP contribution in [0.3, 0.4) is 0 Å². The standard InChI is InChI=1S/C13H13N3/c1-9(2)10-3-5-11(6-4-10)12-8-15-13(7-14)16-12/h3-6,8-9H,1-2H3,(H,15,16). The number of hydrogen-bond acceptors (Lipinski definition) is 2. The van der Waals surface area contributed by atoms with Gasteiger partial charge in [0.05, 0.1) is 11.9 Å². The predicted molar refractivity (Wildman–Crippen MR) is 62.8 cm³/mol. The maximum atomic E-state index is 8.67. The summed E-state index contributed by atoms with van der Waals surface area (Å²) >= 11 is 0. The van der Waals surface area contributed by atoms with Crippen LogP contribution in [0.25, 0.3) is 11.3 Å². The Bertz CT molecular complexity index is 515. The molecule has 0 bridgehead atoms. The topological polar surface area (TPSA) is 52.5 Å². The summed E-state index contributed by atoms with van der Waals surface area (Å²) in [6.45, 7) is 4.33. The van der Waals surface area contributed by atoms with Crippen LogP contribution in [-0.2, 0) is 0 Å². The lowest BCUT2D eigenvalue weighted by molar-refractivity contribution is 0.867. The third-order valence-corrected chi connectivity index (χ3v) is 2.57. The Labute approximate surface area is 94.8 Å². The number of aromatic nitrogens is 2. The van der Waals surface area contributed by atoms with E-state index in [0.29, 0.717) is 11.7 Å². The molecule has 1 aromatic carbocycles. The molecule has 2 aromatic rings. The maximum Gasteiger partial charge on any atom is 0.210 e. The monoisotopic (exact) mass is 211 g/mol. The van der Waals surface area contributed by atoms with Crippen LogP contribution in [0, 0.1) is 11.3 Å². The normalized spacial score (nSPS) is 10.4. The van der Waals surface area contributed by atoms with Crippen molar-refractivity contribution in [1.29, 1.82) is 5.26 Å². The summed E-state index contributed by atoms with van der Waals surface area (Å²) in [4.78, 5) is 6.91. The molecular weight excluding hydrogens is 198 g/mol. The largest absolute Gasteiger partial charge is 0.329 e. The number of nitriles is 1. The van der Waals surface area contributed by atoms with Crippen molar-refractivity contribution in [2.45, 2.75) is 19.8 Å². The number of nitrogens with zero attached hydrogens (tertiary/aromatic N) is 2. The second kappa shape index (κ2) is 4.19. The Morgan fingerprint density at radius 2 is 1.94 bits per heavy atom. The zero-order valence-corrected chi connectivity index (χ0v) is 9.36. The minimum Gasteiger partial charge on any atom is -0.329 e. The summed E-state index contributed by atoms with van der Waals surface area (Å²) in [5, 5.41) is 8.67. The van der Waals surface area contributed by atoms with Gasteiger partial charge >= 0.3 is 0 Å². The molecule has 0 saturated heterocycles. The first kappa shape index (κ1) is 10.4. The number of imidazole rings is 1. The minimum atomic E-state index is 0.350. The third-order valence-electron chi connectivity index (χ3n) is 2.57. The Morgan fingerprint density at radius 3 is 2.44 bits per heavy atom. The number of benzene rings is 1. The number of aromatic amines is 1. The highest BCUT2D eigenvalue weighted by molar-refractivity contribution is 5.59. The van der Waals surface area contributed by atoms with Crippen molar-refractivity contribution in [3.63, 3.8) is 0 Å². The van der Waals surface area contributed by atoms with Crippen LogP contribution in [-0.4, -0.2) is 9.97 Å². The summed E-state index contributed by atoms with van der Waals surface area (Å²) in [5.41, 5.74) is 3.24. The van der Waals surface area contributed by atoms with Gasteiger partial charge in [0, 0.05) is 0 Å². The third kappa shape index (κ3) is 1.96. The molecule has 3 nitrogen and oxygen atoms in total. The molecule has 1 heterocycles. The Balaban J connectivity index is 2.31. The van der Waals surface area contributed by atoms with Gasteiger partial charge in [0.15, 0.2) is 0 Å². The van der Waals surface area contributed by atoms with Crippen LogP contribution in [0.1, 0.15) is 31.2 Å². The molecule has 2 rings (SSSR count). The zero-order valence-electron chi connectivity index (χ0n) is 9.36. The van der Waals surface area contributed by atoms with Crippen molar-refractivity contribution in [3.05, 3.63) is 41.9 Å². The first-order chi connectivity index (χ1) is 7.70. The van der Waals surface area contributed by atoms with Gasteiger partial charge in [-0.1, -0.05) is 38.1 Å². The summed E-state index contributed by atoms with van der Waals surface area (Å²) in [7, 11) is 0. The number of hydrogen-bond donors (Lipinski definition) is 1. The second-order valence-electron chi connectivity index (χ2n) is 4.03. The Hall–Kier alpha value is -2.08. The molecule has 1 N–H and O–H groups in total. The molecule has 3 heteroatoms. The number of nitrogens with one attached hydrogen (secondary N) is 1. The predicted octanol–water partition coefficient (Wildman–Crippen LogP) is 3.07. The van der Waals surface area contributed by atoms with E-state index in [1.807, 2.05) is 18.2 Å². The number of rotatable bonds is 2. The first-order valence-corrected chi connectivity index (χ1v) is 5.26. The van der Waals surface area contributed by atoms with Crippen LogP contribution >= 0.6 is 0 Å². The highest BCUT2D eigenvalue weighted by Gasteiger charge is 2.03. The molecule has 0 unspecified atom stereocenters. The summed E-state index contributed by atoms with van der Waals surface area (Å²) < 4.78 is 0. The Kier molecular flexibility index (Phi) is 2.74. The second-order valence-corrected chi connectivity index (χ2v) is 4.03. The average molecular weight is 211 g/mol. The van der Waals surface area contributed by atoms with Crippen molar-refractivity contribution in [2.24, 2.45) is 0 Å². The molecule has 0 fully saturated rings. The fourth-order valence-electron chi connectivity index (χ4n) is 1.57. The maximum absolute atomic E-state index is 8.67. The molecule has 0 aliphatic carbocycles. The fraction of sp³-hybridized carbons (Fsp3) is 0.231. The van der Waals surface area contributed by atoms with E-state index in [-0.39, 0.29) is 0 Å². The molecule has 0 saturated carbocycles. The minimum absolute atomic E-state index is 0.350. The molecule has 1 aromatic heterocycles. The van der Waals surface area contributed by atoms with E-state index in [1.54, 1.807) is 6.20 Å². The number of H-pyrrole nitrogens is 1. The van der Waals surface area contributed by atoms with E-state index >= 15 is 0 Å². The van der Waals surface area contributed by atoms with Gasteiger partial charge in [-0.3, -0.25) is 0 Å². The molecule has 0 spiro atoms. The van der Waals surface area contributed by atoms with Crippen LogP contribution in [0.2, 0.25) is 0 Å². The first-order valence-electron chi connectivity index (χ1n) is 5.26. The van der Waals surface area contributed by atoms with E-state index in [9.17, 15) is 0 Å². The van der Waals surface area contributed by atoms with Gasteiger partial charge in [-0.05, 0) is 17.0 Å². The van der Waals surface area contributed by atoms with Crippen molar-refractivity contribution in [1.82, 2.24) is 9.97 Å². The summed E-state index contributed by atoms with van der Waals surface area (Å²) in [6.07, 6.45) is 1.68. The summed E-state index contributed by atoms with van der Waals surface area (Å²) in [5.74, 6) is 0.883.